The monoisotopic (exact) mass is 586 g/mol. The fourth-order valence-electron chi connectivity index (χ4n) is 2.71. The van der Waals surface area contributed by atoms with E-state index in [1.165, 1.54) is 0 Å². The Labute approximate surface area is 239 Å². The number of unbranched alkanes of at least 4 members (excludes halogenated alkanes) is 1. The third-order valence-electron chi connectivity index (χ3n) is 4.82. The maximum absolute atomic E-state index is 10.3. The average Bonchev–Trinajstić information content (AvgIpc) is 2.95. The topological polar surface area (TPSA) is 139 Å². The molecule has 0 saturated carbocycles. The molecule has 0 amide bonds. The van der Waals surface area contributed by atoms with Crippen molar-refractivity contribution in [3.63, 3.8) is 0 Å². The van der Waals surface area contributed by atoms with Crippen LogP contribution in [0.15, 0.2) is 0 Å². The fourth-order valence-corrected chi connectivity index (χ4v) is 2.71. The van der Waals surface area contributed by atoms with Gasteiger partial charge in [0.25, 0.3) is 0 Å². The zero-order chi connectivity index (χ0) is 29.0. The number of hydrogen-bond acceptors (Lipinski definition) is 12. The molecule has 1 N–H and O–H groups in total. The molecule has 240 valence electrons. The van der Waals surface area contributed by atoms with Crippen LogP contribution in [0.2, 0.25) is 0 Å². The van der Waals surface area contributed by atoms with Crippen molar-refractivity contribution in [2.45, 2.75) is 26.2 Å². The van der Waals surface area contributed by atoms with E-state index in [0.29, 0.717) is 132 Å². The lowest BCUT2D eigenvalue weighted by Gasteiger charge is -2.09. The van der Waals surface area contributed by atoms with Crippen LogP contribution in [0.4, 0.5) is 0 Å². The van der Waals surface area contributed by atoms with Crippen LogP contribution in [0, 0.1) is 0 Å². The lowest BCUT2D eigenvalue weighted by Crippen LogP contribution is -2.15. The first kappa shape index (κ1) is 39.0. The van der Waals surface area contributed by atoms with Gasteiger partial charge in [-0.25, -0.2) is 0 Å². The molecule has 0 fully saturated rings. The van der Waals surface area contributed by atoms with Crippen LogP contribution in [-0.4, -0.2) is 156 Å². The van der Waals surface area contributed by atoms with E-state index in [1.54, 1.807) is 0 Å². The summed E-state index contributed by atoms with van der Waals surface area (Å²) in [6.07, 6.45) is 2.23. The number of carbonyl (C=O) groups is 1. The zero-order valence-electron chi connectivity index (χ0n) is 24.5. The molecule has 0 aromatic heterocycles. The SMILES string of the molecule is CCCCOCCOCCOCCOCCOCCOCCOCCOCCOCCOCCOCCC(=O)O. The smallest absolute Gasteiger partial charge is 0.305 e. The molecule has 0 unspecified atom stereocenters. The lowest BCUT2D eigenvalue weighted by molar-refractivity contribution is -0.138. The number of carboxylic acids is 1. The van der Waals surface area contributed by atoms with Gasteiger partial charge in [0.15, 0.2) is 0 Å². The van der Waals surface area contributed by atoms with Gasteiger partial charge >= 0.3 is 5.97 Å². The van der Waals surface area contributed by atoms with E-state index in [9.17, 15) is 4.79 Å². The number of aliphatic carboxylic acids is 1. The Morgan fingerprint density at radius 3 is 0.775 bits per heavy atom. The molecule has 0 saturated heterocycles. The molecule has 40 heavy (non-hydrogen) atoms. The van der Waals surface area contributed by atoms with Gasteiger partial charge in [-0.05, 0) is 6.42 Å². The molecular weight excluding hydrogens is 532 g/mol. The summed E-state index contributed by atoms with van der Waals surface area (Å²) < 4.78 is 59.3. The molecule has 0 rings (SSSR count). The Balaban J connectivity index is 3.03. The Morgan fingerprint density at radius 1 is 0.375 bits per heavy atom. The maximum Gasteiger partial charge on any atom is 0.305 e. The van der Waals surface area contributed by atoms with Crippen molar-refractivity contribution >= 4 is 5.97 Å². The van der Waals surface area contributed by atoms with Crippen LogP contribution in [0.1, 0.15) is 26.2 Å². The summed E-state index contributed by atoms with van der Waals surface area (Å²) in [5.74, 6) is -0.872. The van der Waals surface area contributed by atoms with E-state index in [0.717, 1.165) is 19.4 Å². The van der Waals surface area contributed by atoms with Gasteiger partial charge in [-0.3, -0.25) is 4.79 Å². The summed E-state index contributed by atoms with van der Waals surface area (Å²) in [5, 5.41) is 8.47. The summed E-state index contributed by atoms with van der Waals surface area (Å²) >= 11 is 0. The molecule has 13 nitrogen and oxygen atoms in total. The largest absolute Gasteiger partial charge is 0.481 e. The van der Waals surface area contributed by atoms with Gasteiger partial charge in [-0.1, -0.05) is 13.3 Å². The van der Waals surface area contributed by atoms with Crippen LogP contribution in [0.3, 0.4) is 0 Å². The molecule has 0 radical (unpaired) electrons. The normalized spacial score (nSPS) is 11.4. The number of carboxylic acid groups (broad SMARTS) is 1. The standard InChI is InChI=1S/C27H54O13/c1-2-3-5-30-7-9-32-11-13-34-15-17-36-19-21-38-23-25-40-26-24-39-22-20-37-18-16-35-14-12-33-10-8-31-6-4-27(28)29/h2-26H2,1H3,(H,28,29). The molecule has 0 aliphatic carbocycles. The van der Waals surface area contributed by atoms with Gasteiger partial charge in [0.05, 0.1) is 145 Å². The predicted octanol–water partition coefficient (Wildman–Crippen LogP) is 1.44. The molecule has 0 atom stereocenters. The van der Waals surface area contributed by atoms with Crippen LogP contribution >= 0.6 is 0 Å². The molecular formula is C27H54O13. The summed E-state index contributed by atoms with van der Waals surface area (Å²) in [4.78, 5) is 10.3. The Morgan fingerprint density at radius 2 is 0.575 bits per heavy atom. The third kappa shape index (κ3) is 37.0. The third-order valence-corrected chi connectivity index (χ3v) is 4.82. The van der Waals surface area contributed by atoms with Crippen molar-refractivity contribution in [1.82, 2.24) is 0 Å². The highest BCUT2D eigenvalue weighted by Crippen LogP contribution is 1.89. The highest BCUT2D eigenvalue weighted by molar-refractivity contribution is 5.66. The molecule has 0 bridgehead atoms. The Bertz CT molecular complexity index is 485. The maximum atomic E-state index is 10.3. The van der Waals surface area contributed by atoms with Crippen LogP contribution < -0.4 is 0 Å². The molecule has 0 aromatic rings. The quantitative estimate of drug-likeness (QED) is 0.106. The van der Waals surface area contributed by atoms with E-state index in [1.807, 2.05) is 0 Å². The number of hydrogen-bond donors (Lipinski definition) is 1. The predicted molar refractivity (Wildman–Crippen MR) is 146 cm³/mol. The minimum absolute atomic E-state index is 0.000628. The number of ether oxygens (including phenoxy) is 11. The second kappa shape index (κ2) is 36.1. The summed E-state index contributed by atoms with van der Waals surface area (Å²) in [5.41, 5.74) is 0. The van der Waals surface area contributed by atoms with Gasteiger partial charge in [-0.15, -0.1) is 0 Å². The van der Waals surface area contributed by atoms with Gasteiger partial charge < -0.3 is 57.2 Å². The first-order valence-electron chi connectivity index (χ1n) is 14.3. The Hall–Kier alpha value is -0.970. The zero-order valence-corrected chi connectivity index (χ0v) is 24.5. The van der Waals surface area contributed by atoms with Gasteiger partial charge in [0.2, 0.25) is 0 Å². The molecule has 0 aromatic carbocycles. The summed E-state index contributed by atoms with van der Waals surface area (Å²) in [7, 11) is 0. The summed E-state index contributed by atoms with van der Waals surface area (Å²) in [6, 6.07) is 0. The van der Waals surface area contributed by atoms with E-state index in [-0.39, 0.29) is 13.0 Å². The van der Waals surface area contributed by atoms with Crippen molar-refractivity contribution in [2.75, 3.05) is 145 Å². The van der Waals surface area contributed by atoms with Crippen molar-refractivity contribution in [1.29, 1.82) is 0 Å². The highest BCUT2D eigenvalue weighted by Gasteiger charge is 1.97. The van der Waals surface area contributed by atoms with Crippen molar-refractivity contribution in [3.8, 4) is 0 Å². The van der Waals surface area contributed by atoms with Crippen LogP contribution in [-0.2, 0) is 56.9 Å². The minimum atomic E-state index is -0.872. The average molecular weight is 587 g/mol. The van der Waals surface area contributed by atoms with E-state index in [4.69, 9.17) is 57.2 Å². The molecule has 0 spiro atoms. The second-order valence-electron chi connectivity index (χ2n) is 8.23. The van der Waals surface area contributed by atoms with Crippen LogP contribution in [0.25, 0.3) is 0 Å². The van der Waals surface area contributed by atoms with Crippen molar-refractivity contribution < 1.29 is 62.0 Å². The molecule has 13 heteroatoms. The molecule has 0 heterocycles. The molecule has 0 aliphatic rings. The van der Waals surface area contributed by atoms with Gasteiger partial charge in [0.1, 0.15) is 0 Å². The van der Waals surface area contributed by atoms with E-state index < -0.39 is 5.97 Å². The lowest BCUT2D eigenvalue weighted by atomic mass is 10.4. The minimum Gasteiger partial charge on any atom is -0.481 e. The highest BCUT2D eigenvalue weighted by atomic mass is 16.6. The van der Waals surface area contributed by atoms with Crippen molar-refractivity contribution in [2.24, 2.45) is 0 Å². The molecule has 0 aliphatic heterocycles. The van der Waals surface area contributed by atoms with Crippen molar-refractivity contribution in [3.05, 3.63) is 0 Å². The number of rotatable bonds is 36. The van der Waals surface area contributed by atoms with Gasteiger partial charge in [0, 0.05) is 6.61 Å². The van der Waals surface area contributed by atoms with E-state index in [2.05, 4.69) is 6.92 Å². The first-order valence-corrected chi connectivity index (χ1v) is 14.3. The fraction of sp³-hybridized carbons (Fsp3) is 0.963. The Kier molecular flexibility index (Phi) is 35.2. The first-order chi connectivity index (χ1) is 19.8. The van der Waals surface area contributed by atoms with E-state index >= 15 is 0 Å². The summed E-state index contributed by atoms with van der Waals surface area (Å²) in [6.45, 7) is 13.2. The van der Waals surface area contributed by atoms with Gasteiger partial charge in [-0.2, -0.15) is 0 Å². The second-order valence-corrected chi connectivity index (χ2v) is 8.23. The van der Waals surface area contributed by atoms with Crippen LogP contribution in [0.5, 0.6) is 0 Å².